The molecule has 0 bridgehead atoms. The first kappa shape index (κ1) is 22.7. The predicted molar refractivity (Wildman–Crippen MR) is 117 cm³/mol. The van der Waals surface area contributed by atoms with Crippen LogP contribution in [-0.4, -0.2) is 37.7 Å². The lowest BCUT2D eigenvalue weighted by Crippen LogP contribution is -2.28. The summed E-state index contributed by atoms with van der Waals surface area (Å²) in [6.45, 7) is 6.41. The minimum atomic E-state index is -0.648. The Hall–Kier alpha value is -2.98. The largest absolute Gasteiger partial charge is 0.497 e. The minimum absolute atomic E-state index is 0.0228. The highest BCUT2D eigenvalue weighted by Crippen LogP contribution is 2.42. The highest BCUT2D eigenvalue weighted by molar-refractivity contribution is 5.92. The molecule has 0 saturated carbocycles. The number of carbonyl (C=O) groups is 1. The van der Waals surface area contributed by atoms with E-state index in [1.165, 1.54) is 25.7 Å². The van der Waals surface area contributed by atoms with Crippen molar-refractivity contribution in [2.24, 2.45) is 5.73 Å². The summed E-state index contributed by atoms with van der Waals surface area (Å²) in [5.41, 5.74) is 8.45. The van der Waals surface area contributed by atoms with Gasteiger partial charge in [0.1, 0.15) is 23.2 Å². The van der Waals surface area contributed by atoms with Gasteiger partial charge in [0.2, 0.25) is 5.88 Å². The fraction of sp³-hybridized carbons (Fsp3) is 0.500. The van der Waals surface area contributed by atoms with Crippen molar-refractivity contribution in [1.29, 1.82) is 5.26 Å². The van der Waals surface area contributed by atoms with Crippen LogP contribution in [-0.2, 0) is 20.8 Å². The van der Waals surface area contributed by atoms with Crippen LogP contribution in [0.25, 0.3) is 0 Å². The molecule has 0 radical (unpaired) electrons. The summed E-state index contributed by atoms with van der Waals surface area (Å²) in [4.78, 5) is 15.3. The molecule has 0 spiro atoms. The molecule has 166 valence electrons. The van der Waals surface area contributed by atoms with Gasteiger partial charge in [-0.05, 0) is 63.0 Å². The van der Waals surface area contributed by atoms with Gasteiger partial charge >= 0.3 is 5.97 Å². The van der Waals surface area contributed by atoms with Gasteiger partial charge in [0.05, 0.1) is 25.2 Å². The first-order valence-electron chi connectivity index (χ1n) is 10.8. The fourth-order valence-corrected chi connectivity index (χ4v) is 4.33. The molecular formula is C24H31N3O4. The van der Waals surface area contributed by atoms with Gasteiger partial charge in [-0.15, -0.1) is 0 Å². The maximum atomic E-state index is 12.9. The number of hydrogen-bond acceptors (Lipinski definition) is 7. The van der Waals surface area contributed by atoms with Crippen LogP contribution in [0.4, 0.5) is 0 Å². The van der Waals surface area contributed by atoms with Gasteiger partial charge in [-0.25, -0.2) is 4.79 Å². The summed E-state index contributed by atoms with van der Waals surface area (Å²) < 4.78 is 16.3. The molecule has 1 aromatic carbocycles. The van der Waals surface area contributed by atoms with E-state index < -0.39 is 11.9 Å². The molecule has 7 heteroatoms. The zero-order valence-corrected chi connectivity index (χ0v) is 18.6. The Balaban J connectivity index is 2.11. The number of esters is 1. The molecule has 1 saturated heterocycles. The first-order chi connectivity index (χ1) is 15.0. The third kappa shape index (κ3) is 5.02. The molecule has 3 rings (SSSR count). The molecule has 1 atom stereocenters. The molecular weight excluding hydrogens is 394 g/mol. The number of methoxy groups -OCH3 is 1. The normalized spacial score (nSPS) is 20.0. The monoisotopic (exact) mass is 425 g/mol. The van der Waals surface area contributed by atoms with E-state index >= 15 is 0 Å². The van der Waals surface area contributed by atoms with Crippen molar-refractivity contribution in [3.05, 3.63) is 52.1 Å². The number of rotatable bonds is 6. The second kappa shape index (κ2) is 10.4. The fourth-order valence-electron chi connectivity index (χ4n) is 4.33. The summed E-state index contributed by atoms with van der Waals surface area (Å²) >= 11 is 0. The van der Waals surface area contributed by atoms with Gasteiger partial charge in [-0.3, -0.25) is 4.90 Å². The Morgan fingerprint density at radius 2 is 2.00 bits per heavy atom. The molecule has 1 fully saturated rings. The van der Waals surface area contributed by atoms with Gasteiger partial charge in [0.15, 0.2) is 0 Å². The molecule has 31 heavy (non-hydrogen) atoms. The molecule has 2 N–H and O–H groups in total. The maximum absolute atomic E-state index is 12.9. The van der Waals surface area contributed by atoms with E-state index in [9.17, 15) is 10.1 Å². The highest BCUT2D eigenvalue weighted by Gasteiger charge is 2.37. The molecule has 7 nitrogen and oxygen atoms in total. The number of benzene rings is 1. The van der Waals surface area contributed by atoms with Crippen LogP contribution in [0.2, 0.25) is 0 Å². The number of allylic oxidation sites excluding steroid dienone is 2. The van der Waals surface area contributed by atoms with Crippen LogP contribution < -0.4 is 10.5 Å². The van der Waals surface area contributed by atoms with E-state index in [2.05, 4.69) is 11.0 Å². The summed E-state index contributed by atoms with van der Waals surface area (Å²) in [6, 6.07) is 7.91. The lowest BCUT2D eigenvalue weighted by Gasteiger charge is -2.30. The van der Waals surface area contributed by atoms with Crippen LogP contribution in [0.1, 0.15) is 56.6 Å². The van der Waals surface area contributed by atoms with Gasteiger partial charge in [0.25, 0.3) is 0 Å². The number of nitrogens with zero attached hydrogens (tertiary/aromatic N) is 2. The Morgan fingerprint density at radius 1 is 1.29 bits per heavy atom. The highest BCUT2D eigenvalue weighted by atomic mass is 16.5. The predicted octanol–water partition coefficient (Wildman–Crippen LogP) is 3.72. The topological polar surface area (TPSA) is 97.8 Å². The van der Waals surface area contributed by atoms with E-state index in [-0.39, 0.29) is 18.1 Å². The lowest BCUT2D eigenvalue weighted by molar-refractivity contribution is -0.139. The van der Waals surface area contributed by atoms with Crippen molar-refractivity contribution in [3.63, 3.8) is 0 Å². The Bertz CT molecular complexity index is 921. The maximum Gasteiger partial charge on any atom is 0.338 e. The average molecular weight is 426 g/mol. The molecule has 0 aromatic heterocycles. The van der Waals surface area contributed by atoms with Gasteiger partial charge in [-0.2, -0.15) is 5.26 Å². The number of nitriles is 1. The van der Waals surface area contributed by atoms with Crippen molar-refractivity contribution >= 4 is 5.97 Å². The van der Waals surface area contributed by atoms with Crippen LogP contribution in [0, 0.1) is 11.3 Å². The van der Waals surface area contributed by atoms with Crippen LogP contribution in [0.5, 0.6) is 5.75 Å². The number of hydrogen-bond donors (Lipinski definition) is 1. The summed E-state index contributed by atoms with van der Waals surface area (Å²) in [7, 11) is 1.63. The van der Waals surface area contributed by atoms with E-state index in [0.29, 0.717) is 17.9 Å². The van der Waals surface area contributed by atoms with Crippen molar-refractivity contribution in [1.82, 2.24) is 4.90 Å². The zero-order valence-electron chi connectivity index (χ0n) is 18.6. The van der Waals surface area contributed by atoms with Crippen molar-refractivity contribution in [2.45, 2.75) is 52.0 Å². The van der Waals surface area contributed by atoms with Gasteiger partial charge in [0, 0.05) is 6.54 Å². The summed E-state index contributed by atoms with van der Waals surface area (Å²) in [5, 5.41) is 9.88. The van der Waals surface area contributed by atoms with Crippen LogP contribution in [0.15, 0.2) is 41.0 Å². The second-order valence-corrected chi connectivity index (χ2v) is 7.87. The molecule has 1 aromatic rings. The molecule has 0 amide bonds. The van der Waals surface area contributed by atoms with Crippen LogP contribution >= 0.6 is 0 Å². The number of ether oxygens (including phenoxy) is 3. The van der Waals surface area contributed by atoms with E-state index in [1.807, 2.05) is 18.2 Å². The van der Waals surface area contributed by atoms with Crippen molar-refractivity contribution in [3.8, 4) is 11.8 Å². The van der Waals surface area contributed by atoms with Gasteiger partial charge in [-0.1, -0.05) is 18.9 Å². The number of carbonyl (C=O) groups excluding carboxylic acids is 1. The van der Waals surface area contributed by atoms with Crippen molar-refractivity contribution in [2.75, 3.05) is 26.8 Å². The number of likely N-dealkylation sites (tertiary alicyclic amines) is 1. The molecule has 2 heterocycles. The standard InChI is InChI=1S/C24H31N3O4/c1-4-30-24(28)21-16(2)31-23(26)20(14-25)22(21)19-10-9-18(29-3)13-17(19)15-27-11-7-5-6-8-12-27/h9-10,13,22H,4-8,11-12,15,26H2,1-3H3. The van der Waals surface area contributed by atoms with E-state index in [4.69, 9.17) is 19.9 Å². The lowest BCUT2D eigenvalue weighted by atomic mass is 9.80. The quantitative estimate of drug-likeness (QED) is 0.694. The Kier molecular flexibility index (Phi) is 7.59. The number of nitrogens with two attached hydrogens (primary N) is 1. The second-order valence-electron chi connectivity index (χ2n) is 7.87. The first-order valence-corrected chi connectivity index (χ1v) is 10.8. The molecule has 2 aliphatic heterocycles. The smallest absolute Gasteiger partial charge is 0.338 e. The van der Waals surface area contributed by atoms with Crippen molar-refractivity contribution < 1.29 is 19.0 Å². The third-order valence-corrected chi connectivity index (χ3v) is 5.85. The van der Waals surface area contributed by atoms with E-state index in [1.54, 1.807) is 21.0 Å². The zero-order chi connectivity index (χ0) is 22.4. The SMILES string of the molecule is CCOC(=O)C1=C(C)OC(N)=C(C#N)C1c1ccc(OC)cc1CN1CCCCCC1. The minimum Gasteiger partial charge on any atom is -0.497 e. The molecule has 0 aliphatic carbocycles. The Morgan fingerprint density at radius 3 is 2.61 bits per heavy atom. The van der Waals surface area contributed by atoms with Crippen LogP contribution in [0.3, 0.4) is 0 Å². The Labute approximate surface area is 184 Å². The van der Waals surface area contributed by atoms with Gasteiger partial charge < -0.3 is 19.9 Å². The summed E-state index contributed by atoms with van der Waals surface area (Å²) in [5.74, 6) is -0.0342. The average Bonchev–Trinajstić information content (AvgIpc) is 3.02. The third-order valence-electron chi connectivity index (χ3n) is 5.85. The van der Waals surface area contributed by atoms with E-state index in [0.717, 1.165) is 30.0 Å². The molecule has 2 aliphatic rings. The molecule has 1 unspecified atom stereocenters. The summed E-state index contributed by atoms with van der Waals surface area (Å²) in [6.07, 6.45) is 4.82.